The molecule has 3 aromatic rings. The van der Waals surface area contributed by atoms with Crippen LogP contribution in [0.25, 0.3) is 0 Å². The van der Waals surface area contributed by atoms with Crippen molar-refractivity contribution in [1.29, 1.82) is 0 Å². The van der Waals surface area contributed by atoms with E-state index in [1.165, 1.54) is 31.1 Å². The SMILES string of the molecule is COc1ccc(C(=O)Nc2sc3c(c2C(N)=O)CCN(Cc2ccccc2)C3)cc1OC.Cl. The van der Waals surface area contributed by atoms with Gasteiger partial charge >= 0.3 is 0 Å². The zero-order valence-corrected chi connectivity index (χ0v) is 20.1. The highest BCUT2D eigenvalue weighted by molar-refractivity contribution is 7.17. The quantitative estimate of drug-likeness (QED) is 0.523. The van der Waals surface area contributed by atoms with Gasteiger partial charge in [0.15, 0.2) is 11.5 Å². The van der Waals surface area contributed by atoms with Gasteiger partial charge in [0, 0.05) is 30.1 Å². The van der Waals surface area contributed by atoms with Crippen molar-refractivity contribution < 1.29 is 19.1 Å². The second kappa shape index (κ2) is 10.7. The van der Waals surface area contributed by atoms with Gasteiger partial charge in [-0.15, -0.1) is 23.7 Å². The number of rotatable bonds is 7. The fourth-order valence-corrected chi connectivity index (χ4v) is 5.22. The van der Waals surface area contributed by atoms with E-state index in [2.05, 4.69) is 22.3 Å². The summed E-state index contributed by atoms with van der Waals surface area (Å²) in [5, 5.41) is 3.37. The Hall–Kier alpha value is -3.07. The molecule has 0 aliphatic carbocycles. The first-order chi connectivity index (χ1) is 15.5. The largest absolute Gasteiger partial charge is 0.493 e. The van der Waals surface area contributed by atoms with Crippen LogP contribution in [0.1, 0.15) is 36.7 Å². The van der Waals surface area contributed by atoms with Crippen LogP contribution in [-0.4, -0.2) is 37.5 Å². The summed E-state index contributed by atoms with van der Waals surface area (Å²) in [5.74, 6) is 0.124. The summed E-state index contributed by atoms with van der Waals surface area (Å²) in [4.78, 5) is 28.6. The van der Waals surface area contributed by atoms with E-state index in [1.807, 2.05) is 18.2 Å². The molecular weight excluding hydrogens is 462 g/mol. The molecule has 0 unspecified atom stereocenters. The molecule has 9 heteroatoms. The van der Waals surface area contributed by atoms with Crippen molar-refractivity contribution in [2.45, 2.75) is 19.5 Å². The molecule has 2 aromatic carbocycles. The molecule has 2 heterocycles. The number of halogens is 1. The fraction of sp³-hybridized carbons (Fsp3) is 0.250. The average molecular weight is 488 g/mol. The normalized spacial score (nSPS) is 12.9. The number of hydrogen-bond acceptors (Lipinski definition) is 6. The molecule has 0 bridgehead atoms. The van der Waals surface area contributed by atoms with Crippen LogP contribution in [-0.2, 0) is 19.5 Å². The van der Waals surface area contributed by atoms with Gasteiger partial charge in [-0.05, 0) is 35.7 Å². The molecule has 2 amide bonds. The number of methoxy groups -OCH3 is 2. The summed E-state index contributed by atoms with van der Waals surface area (Å²) in [6.07, 6.45) is 0.711. The van der Waals surface area contributed by atoms with Crippen LogP contribution >= 0.6 is 23.7 Å². The second-order valence-corrected chi connectivity index (χ2v) is 8.65. The number of nitrogens with zero attached hydrogens (tertiary/aromatic N) is 1. The average Bonchev–Trinajstić information content (AvgIpc) is 3.16. The molecule has 1 aliphatic rings. The summed E-state index contributed by atoms with van der Waals surface area (Å²) in [6, 6.07) is 15.2. The number of nitrogens with one attached hydrogen (secondary N) is 1. The lowest BCUT2D eigenvalue weighted by atomic mass is 10.0. The predicted octanol–water partition coefficient (Wildman–Crippen LogP) is 4.10. The van der Waals surface area contributed by atoms with Gasteiger partial charge in [-0.25, -0.2) is 0 Å². The third-order valence-corrected chi connectivity index (χ3v) is 6.64. The highest BCUT2D eigenvalue weighted by Crippen LogP contribution is 2.38. The number of anilines is 1. The molecular formula is C24H26ClN3O4S. The molecule has 1 aliphatic heterocycles. The Balaban J connectivity index is 0.00000306. The topological polar surface area (TPSA) is 93.9 Å². The van der Waals surface area contributed by atoms with Crippen LogP contribution in [0.5, 0.6) is 11.5 Å². The zero-order valence-electron chi connectivity index (χ0n) is 18.4. The Morgan fingerprint density at radius 1 is 1.09 bits per heavy atom. The maximum Gasteiger partial charge on any atom is 0.256 e. The van der Waals surface area contributed by atoms with Gasteiger partial charge in [-0.1, -0.05) is 30.3 Å². The number of fused-ring (bicyclic) bond motifs is 1. The Kier molecular flexibility index (Phi) is 7.97. The van der Waals surface area contributed by atoms with E-state index in [0.29, 0.717) is 40.6 Å². The lowest BCUT2D eigenvalue weighted by molar-refractivity contribution is 0.0999. The number of benzene rings is 2. The van der Waals surface area contributed by atoms with Crippen molar-refractivity contribution in [3.05, 3.63) is 75.7 Å². The molecule has 7 nitrogen and oxygen atoms in total. The summed E-state index contributed by atoms with van der Waals surface area (Å²) in [5.41, 5.74) is 8.70. The van der Waals surface area contributed by atoms with Gasteiger partial charge in [0.05, 0.1) is 19.8 Å². The van der Waals surface area contributed by atoms with Crippen LogP contribution in [0.3, 0.4) is 0 Å². The first-order valence-electron chi connectivity index (χ1n) is 10.2. The second-order valence-electron chi connectivity index (χ2n) is 7.54. The maximum atomic E-state index is 12.9. The van der Waals surface area contributed by atoms with E-state index >= 15 is 0 Å². The molecule has 0 radical (unpaired) electrons. The molecule has 0 saturated carbocycles. The van der Waals surface area contributed by atoms with E-state index < -0.39 is 5.91 Å². The number of nitrogens with two attached hydrogens (primary N) is 1. The number of primary amides is 1. The van der Waals surface area contributed by atoms with Crippen molar-refractivity contribution in [3.8, 4) is 11.5 Å². The molecule has 0 spiro atoms. The van der Waals surface area contributed by atoms with Gasteiger partial charge in [-0.3, -0.25) is 14.5 Å². The minimum Gasteiger partial charge on any atom is -0.493 e. The van der Waals surface area contributed by atoms with Gasteiger partial charge in [0.2, 0.25) is 0 Å². The maximum absolute atomic E-state index is 12.9. The van der Waals surface area contributed by atoms with Crippen LogP contribution in [0.4, 0.5) is 5.00 Å². The molecule has 3 N–H and O–H groups in total. The van der Waals surface area contributed by atoms with Crippen molar-refractivity contribution in [3.63, 3.8) is 0 Å². The number of amides is 2. The third-order valence-electron chi connectivity index (χ3n) is 5.50. The van der Waals surface area contributed by atoms with Gasteiger partial charge in [0.1, 0.15) is 5.00 Å². The first-order valence-corrected chi connectivity index (χ1v) is 11.1. The minimum atomic E-state index is -0.526. The summed E-state index contributed by atoms with van der Waals surface area (Å²) < 4.78 is 10.5. The summed E-state index contributed by atoms with van der Waals surface area (Å²) in [6.45, 7) is 2.36. The Morgan fingerprint density at radius 2 is 1.82 bits per heavy atom. The van der Waals surface area contributed by atoms with E-state index in [4.69, 9.17) is 15.2 Å². The van der Waals surface area contributed by atoms with E-state index in [-0.39, 0.29) is 18.3 Å². The Bertz CT molecular complexity index is 1150. The number of carbonyl (C=O) groups is 2. The van der Waals surface area contributed by atoms with Crippen LogP contribution in [0, 0.1) is 0 Å². The monoisotopic (exact) mass is 487 g/mol. The van der Waals surface area contributed by atoms with Crippen molar-refractivity contribution in [1.82, 2.24) is 4.90 Å². The van der Waals surface area contributed by atoms with Crippen LogP contribution in [0.15, 0.2) is 48.5 Å². The van der Waals surface area contributed by atoms with E-state index in [1.54, 1.807) is 18.2 Å². The van der Waals surface area contributed by atoms with Crippen molar-refractivity contribution >= 4 is 40.6 Å². The Labute approximate surface area is 202 Å². The standard InChI is InChI=1S/C24H25N3O4S.ClH/c1-30-18-9-8-16(12-19(18)31-2)23(29)26-24-21(22(25)28)17-10-11-27(14-20(17)32-24)13-15-6-4-3-5-7-15;/h3-9,12H,10-11,13-14H2,1-2H3,(H2,25,28)(H,26,29);1H. The van der Waals surface area contributed by atoms with Gasteiger partial charge in [0.25, 0.3) is 11.8 Å². The summed E-state index contributed by atoms with van der Waals surface area (Å²) >= 11 is 1.41. The molecule has 0 saturated heterocycles. The fourth-order valence-electron chi connectivity index (χ4n) is 3.93. The molecule has 4 rings (SSSR count). The molecule has 174 valence electrons. The van der Waals surface area contributed by atoms with Crippen molar-refractivity contribution in [2.24, 2.45) is 5.73 Å². The minimum absolute atomic E-state index is 0. The molecule has 0 atom stereocenters. The Morgan fingerprint density at radius 3 is 2.48 bits per heavy atom. The predicted molar refractivity (Wildman–Crippen MR) is 132 cm³/mol. The molecule has 33 heavy (non-hydrogen) atoms. The van der Waals surface area contributed by atoms with E-state index in [0.717, 1.165) is 23.5 Å². The van der Waals surface area contributed by atoms with Gasteiger partial charge < -0.3 is 20.5 Å². The molecule has 1 aromatic heterocycles. The first kappa shape index (κ1) is 24.6. The number of hydrogen-bond donors (Lipinski definition) is 2. The highest BCUT2D eigenvalue weighted by Gasteiger charge is 2.28. The van der Waals surface area contributed by atoms with Crippen LogP contribution < -0.4 is 20.5 Å². The lowest BCUT2D eigenvalue weighted by Gasteiger charge is -2.27. The third kappa shape index (κ3) is 5.30. The van der Waals surface area contributed by atoms with Crippen LogP contribution in [0.2, 0.25) is 0 Å². The van der Waals surface area contributed by atoms with Gasteiger partial charge in [-0.2, -0.15) is 0 Å². The summed E-state index contributed by atoms with van der Waals surface area (Å²) in [7, 11) is 3.05. The highest BCUT2D eigenvalue weighted by atomic mass is 35.5. The lowest BCUT2D eigenvalue weighted by Crippen LogP contribution is -2.30. The van der Waals surface area contributed by atoms with Crippen molar-refractivity contribution in [2.75, 3.05) is 26.1 Å². The number of thiophene rings is 1. The smallest absolute Gasteiger partial charge is 0.256 e. The van der Waals surface area contributed by atoms with E-state index in [9.17, 15) is 9.59 Å². The number of ether oxygens (including phenoxy) is 2. The number of carbonyl (C=O) groups excluding carboxylic acids is 2. The molecule has 0 fully saturated rings. The zero-order chi connectivity index (χ0) is 22.7.